The number of anilines is 1. The number of alkyl carbamates (subject to hydrolysis) is 1. The molecule has 218 valence electrons. The predicted octanol–water partition coefficient (Wildman–Crippen LogP) is 4.01. The standard InChI is InChI=1S/C28H31FN4O7S/c1-28(2,3)40-27(37)32-22(17-11-12-21(38-4)18(29)14-17)24(35)30-19(13-16-9-7-6-8-10-16)23(34)33-26-31-20(15-41-26)25(36)39-5/h6-12,14-15,19,22H,13H2,1-5H3,(H,30,35)(H,32,37)(H,31,33,34)/t19-,22?/m0/s1. The van der Waals surface area contributed by atoms with Crippen LogP contribution in [0.5, 0.6) is 5.75 Å². The molecule has 3 rings (SSSR count). The summed E-state index contributed by atoms with van der Waals surface area (Å²) in [5.74, 6) is -2.91. The first kappa shape index (κ1) is 31.0. The van der Waals surface area contributed by atoms with Gasteiger partial charge in [0.05, 0.1) is 14.2 Å². The fourth-order valence-electron chi connectivity index (χ4n) is 3.62. The third-order valence-electron chi connectivity index (χ3n) is 5.48. The highest BCUT2D eigenvalue weighted by molar-refractivity contribution is 7.14. The summed E-state index contributed by atoms with van der Waals surface area (Å²) in [4.78, 5) is 55.4. The van der Waals surface area contributed by atoms with Crippen molar-refractivity contribution in [1.29, 1.82) is 0 Å². The van der Waals surface area contributed by atoms with Crippen LogP contribution in [0.15, 0.2) is 53.9 Å². The Morgan fingerprint density at radius 2 is 1.71 bits per heavy atom. The van der Waals surface area contributed by atoms with E-state index in [0.717, 1.165) is 23.0 Å². The van der Waals surface area contributed by atoms with E-state index < -0.39 is 47.4 Å². The molecule has 11 nitrogen and oxygen atoms in total. The van der Waals surface area contributed by atoms with E-state index in [-0.39, 0.29) is 28.6 Å². The molecule has 3 amide bonds. The number of thiazole rings is 1. The summed E-state index contributed by atoms with van der Waals surface area (Å²) in [5, 5.41) is 9.25. The van der Waals surface area contributed by atoms with Gasteiger partial charge in [-0.1, -0.05) is 36.4 Å². The normalized spacial score (nSPS) is 12.4. The summed E-state index contributed by atoms with van der Waals surface area (Å²) in [5.41, 5.74) is -0.0368. The molecule has 0 aliphatic rings. The highest BCUT2D eigenvalue weighted by Crippen LogP contribution is 2.23. The molecule has 0 radical (unpaired) electrons. The van der Waals surface area contributed by atoms with Crippen molar-refractivity contribution < 1.29 is 37.8 Å². The van der Waals surface area contributed by atoms with Crippen LogP contribution in [-0.2, 0) is 25.5 Å². The number of ether oxygens (including phenoxy) is 3. The number of nitrogens with zero attached hydrogens (tertiary/aromatic N) is 1. The molecule has 0 saturated heterocycles. The van der Waals surface area contributed by atoms with Crippen LogP contribution in [0.3, 0.4) is 0 Å². The lowest BCUT2D eigenvalue weighted by Gasteiger charge is -2.25. The summed E-state index contributed by atoms with van der Waals surface area (Å²) in [6.45, 7) is 4.96. The maximum absolute atomic E-state index is 14.6. The quantitative estimate of drug-likeness (QED) is 0.302. The van der Waals surface area contributed by atoms with Crippen molar-refractivity contribution in [2.75, 3.05) is 19.5 Å². The van der Waals surface area contributed by atoms with Crippen LogP contribution in [0.2, 0.25) is 0 Å². The minimum absolute atomic E-state index is 0.0135. The zero-order valence-electron chi connectivity index (χ0n) is 23.1. The van der Waals surface area contributed by atoms with E-state index in [2.05, 4.69) is 25.7 Å². The minimum atomic E-state index is -1.43. The average Bonchev–Trinajstić information content (AvgIpc) is 3.38. The number of rotatable bonds is 10. The molecule has 0 spiro atoms. The molecule has 0 bridgehead atoms. The Balaban J connectivity index is 1.90. The monoisotopic (exact) mass is 586 g/mol. The largest absolute Gasteiger partial charge is 0.494 e. The molecule has 1 unspecified atom stereocenters. The summed E-state index contributed by atoms with van der Waals surface area (Å²) >= 11 is 1.00. The first-order valence-electron chi connectivity index (χ1n) is 12.4. The van der Waals surface area contributed by atoms with Gasteiger partial charge in [0.15, 0.2) is 22.4 Å². The number of esters is 1. The van der Waals surface area contributed by atoms with Crippen molar-refractivity contribution in [1.82, 2.24) is 15.6 Å². The van der Waals surface area contributed by atoms with E-state index in [4.69, 9.17) is 9.47 Å². The smallest absolute Gasteiger partial charge is 0.408 e. The highest BCUT2D eigenvalue weighted by atomic mass is 32.1. The van der Waals surface area contributed by atoms with Gasteiger partial charge in [0.25, 0.3) is 0 Å². The maximum Gasteiger partial charge on any atom is 0.408 e. The number of hydrogen-bond donors (Lipinski definition) is 3. The van der Waals surface area contributed by atoms with Gasteiger partial charge in [-0.25, -0.2) is 19.0 Å². The molecule has 13 heteroatoms. The zero-order chi connectivity index (χ0) is 30.2. The minimum Gasteiger partial charge on any atom is -0.494 e. The number of halogens is 1. The average molecular weight is 587 g/mol. The Morgan fingerprint density at radius 1 is 1.00 bits per heavy atom. The van der Waals surface area contributed by atoms with Crippen LogP contribution < -0.4 is 20.7 Å². The number of carbonyl (C=O) groups excluding carboxylic acids is 4. The lowest BCUT2D eigenvalue weighted by atomic mass is 10.0. The number of carbonyl (C=O) groups is 4. The molecule has 0 aliphatic heterocycles. The van der Waals surface area contributed by atoms with Crippen molar-refractivity contribution in [2.45, 2.75) is 44.9 Å². The second kappa shape index (κ2) is 13.7. The summed E-state index contributed by atoms with van der Waals surface area (Å²) in [6.07, 6.45) is -0.847. The van der Waals surface area contributed by atoms with Crippen molar-refractivity contribution in [3.05, 3.63) is 76.5 Å². The van der Waals surface area contributed by atoms with Gasteiger partial charge in [-0.3, -0.25) is 9.59 Å². The van der Waals surface area contributed by atoms with Crippen molar-refractivity contribution >= 4 is 40.3 Å². The lowest BCUT2D eigenvalue weighted by molar-refractivity contribution is -0.128. The van der Waals surface area contributed by atoms with E-state index >= 15 is 0 Å². The maximum atomic E-state index is 14.6. The molecule has 1 aromatic heterocycles. The van der Waals surface area contributed by atoms with Gasteiger partial charge in [-0.2, -0.15) is 0 Å². The molecular formula is C28H31FN4O7S. The van der Waals surface area contributed by atoms with Gasteiger partial charge in [0, 0.05) is 11.8 Å². The Morgan fingerprint density at radius 3 is 2.32 bits per heavy atom. The van der Waals surface area contributed by atoms with Crippen LogP contribution in [-0.4, -0.2) is 54.7 Å². The van der Waals surface area contributed by atoms with Gasteiger partial charge in [0.2, 0.25) is 11.8 Å². The van der Waals surface area contributed by atoms with Gasteiger partial charge >= 0.3 is 12.1 Å². The van der Waals surface area contributed by atoms with Crippen LogP contribution in [0, 0.1) is 5.82 Å². The first-order valence-corrected chi connectivity index (χ1v) is 13.3. The molecule has 2 aromatic carbocycles. The fraction of sp³-hybridized carbons (Fsp3) is 0.321. The molecule has 0 aliphatic carbocycles. The van der Waals surface area contributed by atoms with Gasteiger partial charge < -0.3 is 30.2 Å². The third kappa shape index (κ3) is 9.00. The van der Waals surface area contributed by atoms with Crippen LogP contribution in [0.1, 0.15) is 48.4 Å². The molecule has 41 heavy (non-hydrogen) atoms. The predicted molar refractivity (Wildman–Crippen MR) is 149 cm³/mol. The SMILES string of the molecule is COC(=O)c1csc(NC(=O)[C@H](Cc2ccccc2)NC(=O)C(NC(=O)OC(C)(C)C)c2ccc(OC)c(F)c2)n1. The van der Waals surface area contributed by atoms with Gasteiger partial charge in [-0.15, -0.1) is 11.3 Å². The number of hydrogen-bond acceptors (Lipinski definition) is 9. The number of methoxy groups -OCH3 is 2. The van der Waals surface area contributed by atoms with Crippen molar-refractivity contribution in [3.63, 3.8) is 0 Å². The van der Waals surface area contributed by atoms with Crippen LogP contribution in [0.4, 0.5) is 14.3 Å². The van der Waals surface area contributed by atoms with E-state index in [1.807, 2.05) is 0 Å². The van der Waals surface area contributed by atoms with E-state index in [9.17, 15) is 23.6 Å². The third-order valence-corrected chi connectivity index (χ3v) is 6.23. The van der Waals surface area contributed by atoms with Crippen LogP contribution >= 0.6 is 11.3 Å². The van der Waals surface area contributed by atoms with E-state index in [0.29, 0.717) is 0 Å². The number of amides is 3. The molecular weight excluding hydrogens is 555 g/mol. The Labute approximate surface area is 240 Å². The van der Waals surface area contributed by atoms with E-state index in [1.54, 1.807) is 51.1 Å². The summed E-state index contributed by atoms with van der Waals surface area (Å²) in [7, 11) is 2.51. The topological polar surface area (TPSA) is 145 Å². The van der Waals surface area contributed by atoms with Crippen molar-refractivity contribution in [2.24, 2.45) is 0 Å². The lowest BCUT2D eigenvalue weighted by Crippen LogP contribution is -2.50. The number of benzene rings is 2. The Hall–Kier alpha value is -4.52. The molecule has 1 heterocycles. The number of aromatic nitrogens is 1. The van der Waals surface area contributed by atoms with Crippen LogP contribution in [0.25, 0.3) is 0 Å². The van der Waals surface area contributed by atoms with Crippen molar-refractivity contribution in [3.8, 4) is 5.75 Å². The number of nitrogens with one attached hydrogen (secondary N) is 3. The molecule has 0 fully saturated rings. The van der Waals surface area contributed by atoms with E-state index in [1.165, 1.54) is 31.7 Å². The molecule has 2 atom stereocenters. The highest BCUT2D eigenvalue weighted by Gasteiger charge is 2.31. The zero-order valence-corrected chi connectivity index (χ0v) is 24.0. The second-order valence-electron chi connectivity index (χ2n) is 9.74. The van der Waals surface area contributed by atoms with Gasteiger partial charge in [0.1, 0.15) is 17.7 Å². The first-order chi connectivity index (χ1) is 19.4. The second-order valence-corrected chi connectivity index (χ2v) is 10.6. The fourth-order valence-corrected chi connectivity index (χ4v) is 4.31. The van der Waals surface area contributed by atoms with Gasteiger partial charge in [-0.05, 0) is 44.0 Å². The molecule has 3 N–H and O–H groups in total. The molecule has 3 aromatic rings. The summed E-state index contributed by atoms with van der Waals surface area (Å²) < 4.78 is 29.5. The summed E-state index contributed by atoms with van der Waals surface area (Å²) in [6, 6.07) is 10.1. The Kier molecular flexibility index (Phi) is 10.4. The molecule has 0 saturated carbocycles. The Bertz CT molecular complexity index is 1390.